The van der Waals surface area contributed by atoms with Gasteiger partial charge in [-0.2, -0.15) is 0 Å². The van der Waals surface area contributed by atoms with Crippen molar-refractivity contribution in [2.24, 2.45) is 0 Å². The van der Waals surface area contributed by atoms with Crippen LogP contribution in [0.1, 0.15) is 0 Å². The van der Waals surface area contributed by atoms with Crippen LogP contribution in [-0.2, 0) is 0 Å². The molecule has 12 aromatic rings. The maximum absolute atomic E-state index is 5.32. The van der Waals surface area contributed by atoms with Crippen LogP contribution in [0.15, 0.2) is 224 Å². The Kier molecular flexibility index (Phi) is 8.50. The lowest BCUT2D eigenvalue weighted by molar-refractivity contribution is 1.07. The Hall–Kier alpha value is -8.27. The highest BCUT2D eigenvalue weighted by Crippen LogP contribution is 2.41. The lowest BCUT2D eigenvalue weighted by atomic mass is 9.89. The normalized spacial score (nSPS) is 11.5. The number of fused-ring (bicyclic) bond motifs is 9. The average molecular weight is 788 g/mol. The van der Waals surface area contributed by atoms with Gasteiger partial charge in [0.25, 0.3) is 0 Å². The molecule has 0 spiro atoms. The third-order valence-corrected chi connectivity index (χ3v) is 12.2. The fourth-order valence-electron chi connectivity index (χ4n) is 9.28. The van der Waals surface area contributed by atoms with Crippen LogP contribution in [-0.4, -0.2) is 15.0 Å². The molecule has 3 heteroatoms. The van der Waals surface area contributed by atoms with Crippen molar-refractivity contribution in [3.05, 3.63) is 224 Å². The van der Waals surface area contributed by atoms with Crippen LogP contribution >= 0.6 is 0 Å². The maximum Gasteiger partial charge on any atom is 0.164 e. The molecule has 0 aliphatic rings. The summed E-state index contributed by atoms with van der Waals surface area (Å²) >= 11 is 0. The van der Waals surface area contributed by atoms with Gasteiger partial charge in [-0.1, -0.05) is 188 Å². The van der Waals surface area contributed by atoms with Crippen LogP contribution in [0, 0.1) is 0 Å². The Balaban J connectivity index is 1.12. The van der Waals surface area contributed by atoms with E-state index in [9.17, 15) is 0 Å². The molecule has 0 unspecified atom stereocenters. The van der Waals surface area contributed by atoms with Gasteiger partial charge >= 0.3 is 0 Å². The highest BCUT2D eigenvalue weighted by Gasteiger charge is 2.18. The smallest absolute Gasteiger partial charge is 0.164 e. The fraction of sp³-hybridized carbons (Fsp3) is 0. The minimum absolute atomic E-state index is 0.615. The van der Waals surface area contributed by atoms with E-state index in [1.54, 1.807) is 0 Å². The second-order valence-corrected chi connectivity index (χ2v) is 16.0. The first-order valence-electron chi connectivity index (χ1n) is 21.1. The average Bonchev–Trinajstić information content (AvgIpc) is 3.36. The highest BCUT2D eigenvalue weighted by molar-refractivity contribution is 6.25. The van der Waals surface area contributed by atoms with E-state index in [1.165, 1.54) is 53.9 Å². The molecule has 0 atom stereocenters. The monoisotopic (exact) mass is 787 g/mol. The molecule has 0 bridgehead atoms. The summed E-state index contributed by atoms with van der Waals surface area (Å²) < 4.78 is 0. The predicted octanol–water partition coefficient (Wildman–Crippen LogP) is 15.6. The molecule has 0 saturated heterocycles. The summed E-state index contributed by atoms with van der Waals surface area (Å²) in [6.07, 6.45) is 0. The highest BCUT2D eigenvalue weighted by atomic mass is 15.0. The first-order chi connectivity index (χ1) is 30.7. The second-order valence-electron chi connectivity index (χ2n) is 16.0. The molecule has 0 radical (unpaired) electrons. The van der Waals surface area contributed by atoms with Gasteiger partial charge in [0.05, 0.1) is 0 Å². The quantitative estimate of drug-likeness (QED) is 0.158. The van der Waals surface area contributed by atoms with Crippen molar-refractivity contribution in [3.63, 3.8) is 0 Å². The van der Waals surface area contributed by atoms with Crippen molar-refractivity contribution in [1.29, 1.82) is 0 Å². The molecule has 3 nitrogen and oxygen atoms in total. The molecule has 12 rings (SSSR count). The number of aromatic nitrogens is 3. The van der Waals surface area contributed by atoms with E-state index < -0.39 is 0 Å². The number of rotatable bonds is 6. The van der Waals surface area contributed by atoms with Gasteiger partial charge in [0.1, 0.15) is 0 Å². The summed E-state index contributed by atoms with van der Waals surface area (Å²) in [4.78, 5) is 15.7. The van der Waals surface area contributed by atoms with Crippen molar-refractivity contribution in [2.45, 2.75) is 0 Å². The van der Waals surface area contributed by atoms with Crippen molar-refractivity contribution < 1.29 is 0 Å². The summed E-state index contributed by atoms with van der Waals surface area (Å²) in [6, 6.07) is 80.2. The van der Waals surface area contributed by atoms with Crippen molar-refractivity contribution in [3.8, 4) is 67.5 Å². The Bertz CT molecular complexity index is 3650. The van der Waals surface area contributed by atoms with Crippen LogP contribution in [0.5, 0.6) is 0 Å². The van der Waals surface area contributed by atoms with Gasteiger partial charge in [0, 0.05) is 16.7 Å². The minimum atomic E-state index is 0.615. The first-order valence-corrected chi connectivity index (χ1v) is 21.1. The zero-order chi connectivity index (χ0) is 41.0. The minimum Gasteiger partial charge on any atom is -0.208 e. The Morgan fingerprint density at radius 2 is 0.613 bits per heavy atom. The third-order valence-electron chi connectivity index (χ3n) is 12.2. The molecule has 0 fully saturated rings. The van der Waals surface area contributed by atoms with Crippen molar-refractivity contribution in [2.75, 3.05) is 0 Å². The van der Waals surface area contributed by atoms with E-state index >= 15 is 0 Å². The molecule has 1 aromatic heterocycles. The van der Waals surface area contributed by atoms with E-state index in [1.807, 2.05) is 24.3 Å². The fourth-order valence-corrected chi connectivity index (χ4v) is 9.28. The summed E-state index contributed by atoms with van der Waals surface area (Å²) in [5.74, 6) is 1.87. The van der Waals surface area contributed by atoms with Crippen LogP contribution < -0.4 is 0 Å². The lowest BCUT2D eigenvalue weighted by Crippen LogP contribution is -2.01. The zero-order valence-electron chi connectivity index (χ0n) is 33.7. The number of hydrogen-bond acceptors (Lipinski definition) is 3. The standard InChI is InChI=1S/C59H37N3/c1-3-16-38(17-4-1)40-21-15-22-43(32-40)58-60-57(39-18-5-2-6-19-39)61-59(62-58)46-34-44(33-45(35-46)55-37-42-20-7-8-23-47(42)48-24-9-13-28-52(48)55)41-30-31-54-51-27-11-10-25-49(51)50-26-12-14-29-53(50)56(54)36-41/h1-37H. The van der Waals surface area contributed by atoms with Gasteiger partial charge in [-0.3, -0.25) is 0 Å². The molecular weight excluding hydrogens is 751 g/mol. The molecular formula is C59H37N3. The van der Waals surface area contributed by atoms with Crippen molar-refractivity contribution >= 4 is 53.9 Å². The van der Waals surface area contributed by atoms with E-state index in [2.05, 4.69) is 200 Å². The van der Waals surface area contributed by atoms with Gasteiger partial charge in [-0.15, -0.1) is 0 Å². The van der Waals surface area contributed by atoms with E-state index in [0.717, 1.165) is 50.1 Å². The van der Waals surface area contributed by atoms with Crippen LogP contribution in [0.4, 0.5) is 0 Å². The second kappa shape index (κ2) is 14.8. The molecule has 62 heavy (non-hydrogen) atoms. The van der Waals surface area contributed by atoms with Gasteiger partial charge in [0.2, 0.25) is 0 Å². The number of hydrogen-bond donors (Lipinski definition) is 0. The van der Waals surface area contributed by atoms with E-state index in [-0.39, 0.29) is 0 Å². The summed E-state index contributed by atoms with van der Waals surface area (Å²) in [5, 5.41) is 12.4. The molecule has 11 aromatic carbocycles. The third kappa shape index (κ3) is 6.18. The molecule has 0 amide bonds. The predicted molar refractivity (Wildman–Crippen MR) is 260 cm³/mol. The van der Waals surface area contributed by atoms with Crippen LogP contribution in [0.3, 0.4) is 0 Å². The zero-order valence-corrected chi connectivity index (χ0v) is 33.7. The Morgan fingerprint density at radius 3 is 1.29 bits per heavy atom. The van der Waals surface area contributed by atoms with Crippen LogP contribution in [0.25, 0.3) is 121 Å². The number of nitrogens with zero attached hydrogens (tertiary/aromatic N) is 3. The Morgan fingerprint density at radius 1 is 0.194 bits per heavy atom. The molecule has 0 saturated carbocycles. The largest absolute Gasteiger partial charge is 0.208 e. The molecule has 0 aliphatic heterocycles. The van der Waals surface area contributed by atoms with Gasteiger partial charge in [-0.25, -0.2) is 15.0 Å². The molecule has 1 heterocycles. The molecule has 0 N–H and O–H groups in total. The maximum atomic E-state index is 5.32. The summed E-state index contributed by atoms with van der Waals surface area (Å²) in [5.41, 5.74) is 9.49. The summed E-state index contributed by atoms with van der Waals surface area (Å²) in [7, 11) is 0. The van der Waals surface area contributed by atoms with Gasteiger partial charge in [-0.05, 0) is 124 Å². The van der Waals surface area contributed by atoms with Gasteiger partial charge < -0.3 is 0 Å². The van der Waals surface area contributed by atoms with Crippen LogP contribution in [0.2, 0.25) is 0 Å². The first kappa shape index (κ1) is 35.7. The van der Waals surface area contributed by atoms with Gasteiger partial charge in [0.15, 0.2) is 17.5 Å². The number of benzene rings is 11. The Labute approximate surface area is 359 Å². The summed E-state index contributed by atoms with van der Waals surface area (Å²) in [6.45, 7) is 0. The topological polar surface area (TPSA) is 38.7 Å². The lowest BCUT2D eigenvalue weighted by Gasteiger charge is -2.16. The molecule has 288 valence electrons. The SMILES string of the molecule is c1ccc(-c2cccc(-c3nc(-c4ccccc4)nc(-c4cc(-c5ccc6c7ccccc7c7ccccc7c6c5)cc(-c5cc6ccccc6c6ccccc56)c4)n3)c2)cc1. The van der Waals surface area contributed by atoms with E-state index in [0.29, 0.717) is 17.5 Å². The molecule has 0 aliphatic carbocycles. The van der Waals surface area contributed by atoms with E-state index in [4.69, 9.17) is 15.0 Å². The van der Waals surface area contributed by atoms with Crippen molar-refractivity contribution in [1.82, 2.24) is 15.0 Å².